The monoisotopic (exact) mass is 237 g/mol. The van der Waals surface area contributed by atoms with E-state index in [1.54, 1.807) is 21.6 Å². The van der Waals surface area contributed by atoms with Crippen LogP contribution in [0.5, 0.6) is 0 Å². The van der Waals surface area contributed by atoms with Crippen molar-refractivity contribution in [3.63, 3.8) is 0 Å². The minimum atomic E-state index is 0.0532. The highest BCUT2D eigenvalue weighted by atomic mass is 33.1. The highest BCUT2D eigenvalue weighted by molar-refractivity contribution is 8.77. The molecule has 1 saturated heterocycles. The van der Waals surface area contributed by atoms with E-state index in [0.717, 1.165) is 5.75 Å². The maximum atomic E-state index is 5.68. The Balaban J connectivity index is 2.28. The SMILES string of the molecule is CC(C)OC1CSSC(OC(C)C)N1. The van der Waals surface area contributed by atoms with Crippen LogP contribution in [0.2, 0.25) is 0 Å². The van der Waals surface area contributed by atoms with Crippen molar-refractivity contribution in [2.75, 3.05) is 5.75 Å². The Kier molecular flexibility index (Phi) is 5.62. The molecule has 1 aliphatic rings. The predicted octanol–water partition coefficient (Wildman–Crippen LogP) is 2.43. The fourth-order valence-electron chi connectivity index (χ4n) is 1.11. The third-order valence-electron chi connectivity index (χ3n) is 1.53. The second-order valence-corrected chi connectivity index (χ2v) is 6.21. The van der Waals surface area contributed by atoms with Gasteiger partial charge in [0.1, 0.15) is 6.23 Å². The topological polar surface area (TPSA) is 30.5 Å². The van der Waals surface area contributed by atoms with E-state index in [1.807, 2.05) is 27.7 Å². The molecule has 0 radical (unpaired) electrons. The van der Waals surface area contributed by atoms with Crippen LogP contribution >= 0.6 is 21.6 Å². The Morgan fingerprint density at radius 2 is 1.79 bits per heavy atom. The summed E-state index contributed by atoms with van der Waals surface area (Å²) in [5.41, 5.74) is 0.0532. The minimum Gasteiger partial charge on any atom is -0.360 e. The van der Waals surface area contributed by atoms with Gasteiger partial charge >= 0.3 is 0 Å². The maximum absolute atomic E-state index is 5.68. The van der Waals surface area contributed by atoms with E-state index >= 15 is 0 Å². The fourth-order valence-corrected chi connectivity index (χ4v) is 3.36. The van der Waals surface area contributed by atoms with E-state index in [4.69, 9.17) is 9.47 Å². The molecule has 14 heavy (non-hydrogen) atoms. The lowest BCUT2D eigenvalue weighted by molar-refractivity contribution is -0.0427. The number of ether oxygens (including phenoxy) is 2. The van der Waals surface area contributed by atoms with Gasteiger partial charge < -0.3 is 9.47 Å². The fraction of sp³-hybridized carbons (Fsp3) is 1.00. The number of hydrogen-bond donors (Lipinski definition) is 1. The Morgan fingerprint density at radius 3 is 2.36 bits per heavy atom. The summed E-state index contributed by atoms with van der Waals surface area (Å²) in [5, 5.41) is 3.31. The van der Waals surface area contributed by atoms with Gasteiger partial charge in [0.2, 0.25) is 0 Å². The Morgan fingerprint density at radius 1 is 1.14 bits per heavy atom. The van der Waals surface area contributed by atoms with Crippen LogP contribution in [0.25, 0.3) is 0 Å². The summed E-state index contributed by atoms with van der Waals surface area (Å²) in [6, 6.07) is 0. The van der Waals surface area contributed by atoms with Crippen LogP contribution in [-0.4, -0.2) is 29.7 Å². The molecule has 0 aliphatic carbocycles. The van der Waals surface area contributed by atoms with Crippen LogP contribution in [-0.2, 0) is 9.47 Å². The largest absolute Gasteiger partial charge is 0.360 e. The maximum Gasteiger partial charge on any atom is 0.168 e. The molecule has 0 bridgehead atoms. The quantitative estimate of drug-likeness (QED) is 0.759. The van der Waals surface area contributed by atoms with Crippen LogP contribution in [0.3, 0.4) is 0 Å². The molecule has 84 valence electrons. The van der Waals surface area contributed by atoms with Gasteiger partial charge in [0.15, 0.2) is 5.56 Å². The van der Waals surface area contributed by atoms with Crippen molar-refractivity contribution >= 4 is 21.6 Å². The first-order chi connectivity index (χ1) is 6.58. The molecule has 1 heterocycles. The van der Waals surface area contributed by atoms with Crippen molar-refractivity contribution in [2.45, 2.75) is 51.7 Å². The third-order valence-corrected chi connectivity index (χ3v) is 3.87. The zero-order valence-corrected chi connectivity index (χ0v) is 10.8. The highest BCUT2D eigenvalue weighted by Crippen LogP contribution is 2.32. The summed E-state index contributed by atoms with van der Waals surface area (Å²) < 4.78 is 11.3. The molecule has 0 saturated carbocycles. The molecular weight excluding hydrogens is 218 g/mol. The van der Waals surface area contributed by atoms with Crippen molar-refractivity contribution in [1.82, 2.24) is 5.32 Å². The molecule has 0 aromatic carbocycles. The van der Waals surface area contributed by atoms with E-state index < -0.39 is 0 Å². The Labute approximate surface area is 94.1 Å². The normalized spacial score (nSPS) is 28.7. The van der Waals surface area contributed by atoms with Gasteiger partial charge in [-0.2, -0.15) is 0 Å². The molecule has 0 aromatic heterocycles. The van der Waals surface area contributed by atoms with E-state index in [2.05, 4.69) is 5.32 Å². The van der Waals surface area contributed by atoms with Crippen molar-refractivity contribution < 1.29 is 9.47 Å². The smallest absolute Gasteiger partial charge is 0.168 e. The first-order valence-electron chi connectivity index (χ1n) is 4.93. The van der Waals surface area contributed by atoms with Gasteiger partial charge in [0.25, 0.3) is 0 Å². The minimum absolute atomic E-state index is 0.0532. The summed E-state index contributed by atoms with van der Waals surface area (Å²) in [4.78, 5) is 0. The second-order valence-electron chi connectivity index (χ2n) is 3.74. The third kappa shape index (κ3) is 4.89. The average Bonchev–Trinajstić information content (AvgIpc) is 2.01. The molecule has 0 spiro atoms. The van der Waals surface area contributed by atoms with Crippen LogP contribution in [0, 0.1) is 0 Å². The molecule has 2 atom stereocenters. The zero-order valence-electron chi connectivity index (χ0n) is 9.15. The van der Waals surface area contributed by atoms with Crippen molar-refractivity contribution in [2.24, 2.45) is 0 Å². The highest BCUT2D eigenvalue weighted by Gasteiger charge is 2.24. The number of rotatable bonds is 4. The van der Waals surface area contributed by atoms with Crippen molar-refractivity contribution in [1.29, 1.82) is 0 Å². The van der Waals surface area contributed by atoms with Crippen LogP contribution in [0.1, 0.15) is 27.7 Å². The van der Waals surface area contributed by atoms with E-state index in [0.29, 0.717) is 0 Å². The van der Waals surface area contributed by atoms with Gasteiger partial charge in [-0.25, -0.2) is 0 Å². The lowest BCUT2D eigenvalue weighted by atomic mass is 10.5. The number of nitrogens with one attached hydrogen (secondary N) is 1. The molecule has 1 fully saturated rings. The average molecular weight is 237 g/mol. The van der Waals surface area contributed by atoms with Gasteiger partial charge in [-0.15, -0.1) is 0 Å². The van der Waals surface area contributed by atoms with Gasteiger partial charge in [0.05, 0.1) is 12.2 Å². The van der Waals surface area contributed by atoms with Crippen molar-refractivity contribution in [3.8, 4) is 0 Å². The summed E-state index contributed by atoms with van der Waals surface area (Å²) in [7, 11) is 3.52. The molecule has 5 heteroatoms. The standard InChI is InChI=1S/C9H19NO2S2/c1-6(2)11-8-5-13-14-9(10-8)12-7(3)4/h6-10H,5H2,1-4H3. The predicted molar refractivity (Wildman–Crippen MR) is 63.2 cm³/mol. The lowest BCUT2D eigenvalue weighted by Crippen LogP contribution is -2.45. The number of hydrogen-bond acceptors (Lipinski definition) is 5. The first kappa shape index (κ1) is 12.6. The second kappa shape index (κ2) is 6.23. The molecule has 2 unspecified atom stereocenters. The van der Waals surface area contributed by atoms with Gasteiger partial charge in [-0.05, 0) is 38.5 Å². The van der Waals surface area contributed by atoms with Gasteiger partial charge in [-0.1, -0.05) is 10.8 Å². The summed E-state index contributed by atoms with van der Waals surface area (Å²) in [5.74, 6) is 0.973. The van der Waals surface area contributed by atoms with E-state index in [9.17, 15) is 0 Å². The summed E-state index contributed by atoms with van der Waals surface area (Å²) in [6.07, 6.45) is 0.624. The zero-order chi connectivity index (χ0) is 10.6. The molecule has 1 N–H and O–H groups in total. The lowest BCUT2D eigenvalue weighted by Gasteiger charge is -2.31. The van der Waals surface area contributed by atoms with Crippen LogP contribution in [0.15, 0.2) is 0 Å². The van der Waals surface area contributed by atoms with Crippen LogP contribution in [0.4, 0.5) is 0 Å². The molecule has 0 amide bonds. The van der Waals surface area contributed by atoms with Crippen molar-refractivity contribution in [3.05, 3.63) is 0 Å². The van der Waals surface area contributed by atoms with Crippen LogP contribution < -0.4 is 5.32 Å². The summed E-state index contributed by atoms with van der Waals surface area (Å²) in [6.45, 7) is 8.18. The molecular formula is C9H19NO2S2. The van der Waals surface area contributed by atoms with E-state index in [1.165, 1.54) is 0 Å². The summed E-state index contributed by atoms with van der Waals surface area (Å²) >= 11 is 0. The van der Waals surface area contributed by atoms with E-state index in [-0.39, 0.29) is 24.0 Å². The van der Waals surface area contributed by atoms with Gasteiger partial charge in [-0.3, -0.25) is 5.32 Å². The Hall–Kier alpha value is 0.580. The molecule has 1 aliphatic heterocycles. The first-order valence-corrected chi connectivity index (χ1v) is 7.31. The molecule has 3 nitrogen and oxygen atoms in total. The molecule has 0 aromatic rings. The molecule has 1 rings (SSSR count). The Bertz CT molecular complexity index is 151. The van der Waals surface area contributed by atoms with Gasteiger partial charge in [0, 0.05) is 5.75 Å².